The number of benzene rings is 1. The zero-order chi connectivity index (χ0) is 15.6. The number of rotatable bonds is 3. The van der Waals surface area contributed by atoms with E-state index < -0.39 is 0 Å². The van der Waals surface area contributed by atoms with Gasteiger partial charge in [-0.25, -0.2) is 4.39 Å². The third kappa shape index (κ3) is 3.44. The van der Waals surface area contributed by atoms with Gasteiger partial charge in [0.1, 0.15) is 5.82 Å². The summed E-state index contributed by atoms with van der Waals surface area (Å²) in [5.74, 6) is -0.632. The highest BCUT2D eigenvalue weighted by Gasteiger charge is 2.15. The minimum absolute atomic E-state index is 0.272. The van der Waals surface area contributed by atoms with Gasteiger partial charge in [-0.15, -0.1) is 0 Å². The van der Waals surface area contributed by atoms with Crippen LogP contribution in [0.4, 0.5) is 10.1 Å². The highest BCUT2D eigenvalue weighted by atomic mass is 79.9. The van der Waals surface area contributed by atoms with E-state index in [0.717, 1.165) is 0 Å². The topological polar surface area (TPSA) is 54.9 Å². The lowest BCUT2D eigenvalue weighted by Gasteiger charge is -2.11. The smallest absolute Gasteiger partial charge is 0.257 e. The van der Waals surface area contributed by atoms with E-state index in [-0.39, 0.29) is 11.7 Å². The lowest BCUT2D eigenvalue weighted by Crippen LogP contribution is -2.17. The summed E-state index contributed by atoms with van der Waals surface area (Å²) in [5.41, 5.74) is 3.02. The lowest BCUT2D eigenvalue weighted by atomic mass is 10.1. The molecule has 110 valence electrons. The third-order valence-electron chi connectivity index (χ3n) is 3.09. The standard InChI is InChI=1S/C15H15BrFN3O/c1-4-13-10(6-9(3)19-20-13)15(21)18-14-7-11(16)12(17)5-8(14)2/h5-7H,4H2,1-3H3,(H,18,21). The second kappa shape index (κ2) is 6.30. The van der Waals surface area contributed by atoms with Gasteiger partial charge in [-0.3, -0.25) is 4.79 Å². The molecule has 0 unspecified atom stereocenters. The number of nitrogens with zero attached hydrogens (tertiary/aromatic N) is 2. The van der Waals surface area contributed by atoms with Crippen molar-refractivity contribution in [2.24, 2.45) is 0 Å². The maximum atomic E-state index is 13.4. The SMILES string of the molecule is CCc1nnc(C)cc1C(=O)Nc1cc(Br)c(F)cc1C. The Bertz CT molecular complexity index is 704. The molecule has 0 fully saturated rings. The molecule has 1 aromatic carbocycles. The lowest BCUT2D eigenvalue weighted by molar-refractivity contribution is 0.102. The number of aromatic nitrogens is 2. The Morgan fingerprint density at radius 2 is 2.00 bits per heavy atom. The summed E-state index contributed by atoms with van der Waals surface area (Å²) in [4.78, 5) is 12.4. The van der Waals surface area contributed by atoms with Crippen molar-refractivity contribution >= 4 is 27.5 Å². The van der Waals surface area contributed by atoms with Gasteiger partial charge in [-0.1, -0.05) is 6.92 Å². The third-order valence-corrected chi connectivity index (χ3v) is 3.70. The zero-order valence-electron chi connectivity index (χ0n) is 12.0. The fraction of sp³-hybridized carbons (Fsp3) is 0.267. The number of carbonyl (C=O) groups is 1. The number of hydrogen-bond donors (Lipinski definition) is 1. The van der Waals surface area contributed by atoms with Gasteiger partial charge < -0.3 is 5.32 Å². The molecular weight excluding hydrogens is 337 g/mol. The first-order valence-corrected chi connectivity index (χ1v) is 7.32. The number of carbonyl (C=O) groups excluding carboxylic acids is 1. The number of nitrogens with one attached hydrogen (secondary N) is 1. The number of halogens is 2. The van der Waals surface area contributed by atoms with Crippen molar-refractivity contribution in [3.63, 3.8) is 0 Å². The van der Waals surface area contributed by atoms with E-state index in [1.807, 2.05) is 6.92 Å². The number of aryl methyl sites for hydroxylation is 3. The average Bonchev–Trinajstić information content (AvgIpc) is 2.44. The van der Waals surface area contributed by atoms with Gasteiger partial charge in [0, 0.05) is 5.69 Å². The van der Waals surface area contributed by atoms with Crippen LogP contribution in [0.1, 0.15) is 34.2 Å². The quantitative estimate of drug-likeness (QED) is 0.914. The Kier molecular flexibility index (Phi) is 4.67. The number of anilines is 1. The largest absolute Gasteiger partial charge is 0.322 e. The van der Waals surface area contributed by atoms with Crippen LogP contribution in [-0.4, -0.2) is 16.1 Å². The average molecular weight is 352 g/mol. The van der Waals surface area contributed by atoms with Gasteiger partial charge in [0.2, 0.25) is 0 Å². The molecule has 6 heteroatoms. The summed E-state index contributed by atoms with van der Waals surface area (Å²) in [7, 11) is 0. The minimum Gasteiger partial charge on any atom is -0.322 e. The molecule has 4 nitrogen and oxygen atoms in total. The van der Waals surface area contributed by atoms with Gasteiger partial charge in [0.25, 0.3) is 5.91 Å². The molecule has 1 aromatic heterocycles. The molecular formula is C15H15BrFN3O. The van der Waals surface area contributed by atoms with Crippen LogP contribution in [-0.2, 0) is 6.42 Å². The van der Waals surface area contributed by atoms with Crippen LogP contribution >= 0.6 is 15.9 Å². The van der Waals surface area contributed by atoms with Crippen LogP contribution in [0.25, 0.3) is 0 Å². The Balaban J connectivity index is 2.34. The van der Waals surface area contributed by atoms with E-state index in [0.29, 0.717) is 39.1 Å². The van der Waals surface area contributed by atoms with Crippen LogP contribution in [0.15, 0.2) is 22.7 Å². The van der Waals surface area contributed by atoms with E-state index in [1.54, 1.807) is 26.0 Å². The van der Waals surface area contributed by atoms with Crippen molar-refractivity contribution < 1.29 is 9.18 Å². The fourth-order valence-electron chi connectivity index (χ4n) is 1.94. The first kappa shape index (κ1) is 15.6. The highest BCUT2D eigenvalue weighted by molar-refractivity contribution is 9.10. The van der Waals surface area contributed by atoms with Crippen molar-refractivity contribution in [1.29, 1.82) is 0 Å². The van der Waals surface area contributed by atoms with Crippen LogP contribution < -0.4 is 5.32 Å². The summed E-state index contributed by atoms with van der Waals surface area (Å²) in [6, 6.07) is 4.63. The van der Waals surface area contributed by atoms with E-state index in [2.05, 4.69) is 31.4 Å². The second-order valence-electron chi connectivity index (χ2n) is 4.74. The molecule has 0 aliphatic carbocycles. The Labute approximate surface area is 130 Å². The Morgan fingerprint density at radius 1 is 1.29 bits per heavy atom. The maximum absolute atomic E-state index is 13.4. The van der Waals surface area contributed by atoms with Crippen LogP contribution in [0, 0.1) is 19.7 Å². The van der Waals surface area contributed by atoms with Crippen LogP contribution in [0.5, 0.6) is 0 Å². The number of hydrogen-bond acceptors (Lipinski definition) is 3. The predicted octanol–water partition coefficient (Wildman–Crippen LogP) is 3.81. The van der Waals surface area contributed by atoms with Gasteiger partial charge in [0.15, 0.2) is 0 Å². The molecule has 2 aromatic rings. The molecule has 0 saturated carbocycles. The van der Waals surface area contributed by atoms with Crippen molar-refractivity contribution in [2.75, 3.05) is 5.32 Å². The molecule has 0 bridgehead atoms. The summed E-state index contributed by atoms with van der Waals surface area (Å²) in [6.07, 6.45) is 0.613. The van der Waals surface area contributed by atoms with Crippen molar-refractivity contribution in [1.82, 2.24) is 10.2 Å². The Morgan fingerprint density at radius 3 is 2.67 bits per heavy atom. The predicted molar refractivity (Wildman–Crippen MR) is 82.9 cm³/mol. The van der Waals surface area contributed by atoms with Gasteiger partial charge >= 0.3 is 0 Å². The van der Waals surface area contributed by atoms with E-state index in [9.17, 15) is 9.18 Å². The first-order valence-electron chi connectivity index (χ1n) is 6.52. The molecule has 0 spiro atoms. The number of amides is 1. The molecule has 21 heavy (non-hydrogen) atoms. The minimum atomic E-state index is -0.360. The van der Waals surface area contributed by atoms with E-state index in [4.69, 9.17) is 0 Å². The van der Waals surface area contributed by atoms with E-state index >= 15 is 0 Å². The van der Waals surface area contributed by atoms with Gasteiger partial charge in [-0.05, 0) is 60.0 Å². The monoisotopic (exact) mass is 351 g/mol. The molecule has 0 aliphatic rings. The molecule has 2 rings (SSSR count). The molecule has 0 saturated heterocycles. The van der Waals surface area contributed by atoms with Gasteiger partial charge in [-0.2, -0.15) is 10.2 Å². The van der Waals surface area contributed by atoms with Gasteiger partial charge in [0.05, 0.1) is 21.4 Å². The van der Waals surface area contributed by atoms with E-state index in [1.165, 1.54) is 6.07 Å². The first-order chi connectivity index (χ1) is 9.92. The zero-order valence-corrected chi connectivity index (χ0v) is 13.6. The maximum Gasteiger partial charge on any atom is 0.257 e. The molecule has 1 N–H and O–H groups in total. The summed E-state index contributed by atoms with van der Waals surface area (Å²) < 4.78 is 13.7. The highest BCUT2D eigenvalue weighted by Crippen LogP contribution is 2.25. The van der Waals surface area contributed by atoms with Crippen LogP contribution in [0.3, 0.4) is 0 Å². The molecule has 0 radical (unpaired) electrons. The van der Waals surface area contributed by atoms with Crippen molar-refractivity contribution in [3.8, 4) is 0 Å². The van der Waals surface area contributed by atoms with Crippen LogP contribution in [0.2, 0.25) is 0 Å². The molecule has 1 amide bonds. The van der Waals surface area contributed by atoms with Crippen molar-refractivity contribution in [3.05, 3.63) is 51.0 Å². The molecule has 0 atom stereocenters. The molecule has 0 aliphatic heterocycles. The summed E-state index contributed by atoms with van der Waals surface area (Å²) in [5, 5.41) is 10.8. The summed E-state index contributed by atoms with van der Waals surface area (Å²) in [6.45, 7) is 5.43. The summed E-state index contributed by atoms with van der Waals surface area (Å²) >= 11 is 3.12. The Hall–Kier alpha value is -1.82. The molecule has 1 heterocycles. The van der Waals surface area contributed by atoms with Crippen molar-refractivity contribution in [2.45, 2.75) is 27.2 Å². The normalized spacial score (nSPS) is 10.5. The second-order valence-corrected chi connectivity index (χ2v) is 5.59. The fourth-order valence-corrected chi connectivity index (χ4v) is 2.29.